The first kappa shape index (κ1) is 39.9. The van der Waals surface area contributed by atoms with E-state index in [4.69, 9.17) is 9.47 Å². The Hall–Kier alpha value is -1.06. The summed E-state index contributed by atoms with van der Waals surface area (Å²) in [7, 11) is 0. The van der Waals surface area contributed by atoms with Gasteiger partial charge in [-0.15, -0.1) is 0 Å². The Bertz CT molecular complexity index is 501. The number of hydrogen-bond donors (Lipinski definition) is 0. The molecule has 0 bridgehead atoms. The summed E-state index contributed by atoms with van der Waals surface area (Å²) in [6.45, 7) is 8.87. The number of hydrogen-bond acceptors (Lipinski definition) is 4. The van der Waals surface area contributed by atoms with Crippen LogP contribution in [0.5, 0.6) is 0 Å². The van der Waals surface area contributed by atoms with Gasteiger partial charge >= 0.3 is 11.9 Å². The van der Waals surface area contributed by atoms with Crippen molar-refractivity contribution >= 4 is 11.9 Å². The van der Waals surface area contributed by atoms with Gasteiger partial charge < -0.3 is 9.47 Å². The van der Waals surface area contributed by atoms with Gasteiger partial charge in [-0.25, -0.2) is 0 Å². The summed E-state index contributed by atoms with van der Waals surface area (Å²) < 4.78 is 10.8. The third kappa shape index (κ3) is 31.7. The minimum atomic E-state index is -0.155. The maximum absolute atomic E-state index is 12.1. The van der Waals surface area contributed by atoms with Crippen LogP contribution in [0.4, 0.5) is 0 Å². The molecule has 0 aromatic carbocycles. The summed E-state index contributed by atoms with van der Waals surface area (Å²) in [4.78, 5) is 24.2. The molecule has 0 saturated heterocycles. The topological polar surface area (TPSA) is 52.6 Å². The van der Waals surface area contributed by atoms with Crippen molar-refractivity contribution in [1.29, 1.82) is 0 Å². The zero-order valence-electron chi connectivity index (χ0n) is 27.8. The number of unbranched alkanes of at least 4 members (excludes halogenated alkanes) is 24. The van der Waals surface area contributed by atoms with Crippen LogP contribution < -0.4 is 0 Å². The van der Waals surface area contributed by atoms with Gasteiger partial charge in [0.25, 0.3) is 0 Å². The fraction of sp³-hybridized carbons (Fsp3) is 0.892. The maximum Gasteiger partial charge on any atom is 0.305 e. The van der Waals surface area contributed by atoms with Crippen LogP contribution in [0.2, 0.25) is 0 Å². The number of ether oxygens (including phenoxy) is 2. The van der Waals surface area contributed by atoms with Crippen molar-refractivity contribution in [3.8, 4) is 0 Å². The second kappa shape index (κ2) is 33.4. The molecule has 0 amide bonds. The Kier molecular flexibility index (Phi) is 32.6. The van der Waals surface area contributed by atoms with Gasteiger partial charge in [0.1, 0.15) is 13.2 Å². The predicted molar refractivity (Wildman–Crippen MR) is 176 cm³/mol. The number of rotatable bonds is 33. The molecule has 41 heavy (non-hydrogen) atoms. The number of esters is 2. The van der Waals surface area contributed by atoms with Gasteiger partial charge in [-0.1, -0.05) is 175 Å². The van der Waals surface area contributed by atoms with E-state index in [0.717, 1.165) is 31.6 Å². The fourth-order valence-corrected chi connectivity index (χ4v) is 5.27. The molecule has 0 aromatic rings. The molecule has 0 aliphatic heterocycles. The van der Waals surface area contributed by atoms with Crippen molar-refractivity contribution in [2.24, 2.45) is 0 Å². The Morgan fingerprint density at radius 1 is 0.415 bits per heavy atom. The minimum absolute atomic E-state index is 0.155. The first-order chi connectivity index (χ1) is 20.1. The summed E-state index contributed by atoms with van der Waals surface area (Å²) >= 11 is 0. The van der Waals surface area contributed by atoms with Gasteiger partial charge in [0.05, 0.1) is 5.92 Å². The minimum Gasteiger partial charge on any atom is -0.465 e. The highest BCUT2D eigenvalue weighted by Crippen LogP contribution is 2.15. The summed E-state index contributed by atoms with van der Waals surface area (Å²) in [5, 5.41) is 0. The largest absolute Gasteiger partial charge is 0.465 e. The molecule has 0 N–H and O–H groups in total. The molecule has 0 heterocycles. The Morgan fingerprint density at radius 3 is 0.902 bits per heavy atom. The number of carbonyl (C=O) groups is 2. The highest BCUT2D eigenvalue weighted by atomic mass is 16.5. The molecule has 4 heteroatoms. The lowest BCUT2D eigenvalue weighted by atomic mass is 10.0. The van der Waals surface area contributed by atoms with Gasteiger partial charge in [-0.3, -0.25) is 9.59 Å². The quantitative estimate of drug-likeness (QED) is 0.0574. The van der Waals surface area contributed by atoms with Crippen molar-refractivity contribution in [2.45, 2.75) is 200 Å². The van der Waals surface area contributed by atoms with E-state index in [2.05, 4.69) is 20.8 Å². The fourth-order valence-electron chi connectivity index (χ4n) is 5.27. The van der Waals surface area contributed by atoms with Crippen LogP contribution in [0, 0.1) is 12.8 Å². The summed E-state index contributed by atoms with van der Waals surface area (Å²) in [6, 6.07) is 0. The lowest BCUT2D eigenvalue weighted by Gasteiger charge is -2.15. The Morgan fingerprint density at radius 2 is 0.659 bits per heavy atom. The summed E-state index contributed by atoms with van der Waals surface area (Å²) in [5.74, 6) is 0.553. The molecule has 4 nitrogen and oxygen atoms in total. The molecule has 0 aromatic heterocycles. The molecule has 242 valence electrons. The molecule has 0 unspecified atom stereocenters. The first-order valence-corrected chi connectivity index (χ1v) is 18.1. The van der Waals surface area contributed by atoms with Gasteiger partial charge in [-0.05, 0) is 19.3 Å². The predicted octanol–water partition coefficient (Wildman–Crippen LogP) is 11.8. The standard InChI is InChI=1S/C37H70O4/c1-4-7-9-11-13-15-17-19-21-23-25-27-29-31-36(38)40-33-35(6-3)34-41-37(39)32-30-28-26-24-22-20-18-16-14-12-10-8-5-2/h3-34H2,1-2H3. The van der Waals surface area contributed by atoms with E-state index < -0.39 is 0 Å². The van der Waals surface area contributed by atoms with Crippen LogP contribution >= 0.6 is 0 Å². The van der Waals surface area contributed by atoms with E-state index in [-0.39, 0.29) is 25.2 Å². The molecule has 2 radical (unpaired) electrons. The van der Waals surface area contributed by atoms with E-state index in [0.29, 0.717) is 19.3 Å². The van der Waals surface area contributed by atoms with Crippen LogP contribution in [0.1, 0.15) is 200 Å². The third-order valence-corrected chi connectivity index (χ3v) is 8.20. The zero-order chi connectivity index (χ0) is 30.1. The van der Waals surface area contributed by atoms with Crippen LogP contribution in [-0.4, -0.2) is 25.2 Å². The summed E-state index contributed by atoms with van der Waals surface area (Å²) in [6.07, 6.45) is 35.1. The first-order valence-electron chi connectivity index (χ1n) is 18.1. The zero-order valence-corrected chi connectivity index (χ0v) is 27.8. The van der Waals surface area contributed by atoms with Gasteiger partial charge in [0.2, 0.25) is 0 Å². The van der Waals surface area contributed by atoms with E-state index >= 15 is 0 Å². The van der Waals surface area contributed by atoms with E-state index in [1.807, 2.05) is 0 Å². The second-order valence-corrected chi connectivity index (χ2v) is 12.3. The van der Waals surface area contributed by atoms with Crippen LogP contribution in [-0.2, 0) is 19.1 Å². The van der Waals surface area contributed by atoms with Crippen LogP contribution in [0.15, 0.2) is 0 Å². The lowest BCUT2D eigenvalue weighted by Crippen LogP contribution is -2.18. The Balaban J connectivity index is 3.51. The highest BCUT2D eigenvalue weighted by Gasteiger charge is 2.14. The molecular formula is C37H70O4. The van der Waals surface area contributed by atoms with Crippen molar-refractivity contribution < 1.29 is 19.1 Å². The maximum atomic E-state index is 12.1. The molecule has 0 fully saturated rings. The summed E-state index contributed by atoms with van der Waals surface area (Å²) in [5.41, 5.74) is 0. The van der Waals surface area contributed by atoms with Crippen molar-refractivity contribution in [2.75, 3.05) is 13.2 Å². The van der Waals surface area contributed by atoms with E-state index in [9.17, 15) is 9.59 Å². The van der Waals surface area contributed by atoms with Crippen LogP contribution in [0.25, 0.3) is 0 Å². The normalized spacial score (nSPS) is 11.3. The Labute approximate surface area is 256 Å². The molecular weight excluding hydrogens is 508 g/mol. The van der Waals surface area contributed by atoms with Crippen molar-refractivity contribution in [3.05, 3.63) is 12.8 Å². The van der Waals surface area contributed by atoms with Gasteiger partial charge in [0.15, 0.2) is 0 Å². The van der Waals surface area contributed by atoms with E-state index in [1.165, 1.54) is 141 Å². The highest BCUT2D eigenvalue weighted by molar-refractivity contribution is 5.70. The molecule has 0 atom stereocenters. The molecule has 0 saturated carbocycles. The van der Waals surface area contributed by atoms with Gasteiger partial charge in [-0.2, -0.15) is 0 Å². The lowest BCUT2D eigenvalue weighted by molar-refractivity contribution is -0.145. The molecule has 0 aliphatic rings. The average molecular weight is 579 g/mol. The third-order valence-electron chi connectivity index (χ3n) is 8.20. The average Bonchev–Trinajstić information content (AvgIpc) is 2.98. The SMILES string of the molecule is [CH2]C[C](COC(=O)CCCCCCCCCCCCCCC)COC(=O)CCCCCCCCCCCCCCC. The molecule has 0 spiro atoms. The second-order valence-electron chi connectivity index (χ2n) is 12.3. The van der Waals surface area contributed by atoms with Gasteiger partial charge in [0, 0.05) is 12.8 Å². The van der Waals surface area contributed by atoms with Crippen molar-refractivity contribution in [3.63, 3.8) is 0 Å². The molecule has 0 rings (SSSR count). The van der Waals surface area contributed by atoms with Crippen molar-refractivity contribution in [1.82, 2.24) is 0 Å². The molecule has 0 aliphatic carbocycles. The van der Waals surface area contributed by atoms with E-state index in [1.54, 1.807) is 0 Å². The number of carbonyl (C=O) groups excluding carboxylic acids is 2. The van der Waals surface area contributed by atoms with Crippen LogP contribution in [0.3, 0.4) is 0 Å². The monoisotopic (exact) mass is 579 g/mol. The smallest absolute Gasteiger partial charge is 0.305 e.